The van der Waals surface area contributed by atoms with E-state index in [2.05, 4.69) is 37.2 Å². The van der Waals surface area contributed by atoms with Crippen LogP contribution in [0.3, 0.4) is 0 Å². The number of benzene rings is 2. The van der Waals surface area contributed by atoms with Gasteiger partial charge in [-0.25, -0.2) is 23.9 Å². The van der Waals surface area contributed by atoms with Crippen LogP contribution >= 0.6 is 0 Å². The molecule has 1 unspecified atom stereocenters. The summed E-state index contributed by atoms with van der Waals surface area (Å²) < 4.78 is 31.3. The molecule has 43 heavy (non-hydrogen) atoms. The van der Waals surface area contributed by atoms with Crippen LogP contribution in [0.15, 0.2) is 77.0 Å². The van der Waals surface area contributed by atoms with Crippen molar-refractivity contribution in [2.45, 2.75) is 13.0 Å². The van der Waals surface area contributed by atoms with E-state index in [4.69, 9.17) is 30.8 Å². The van der Waals surface area contributed by atoms with Crippen molar-refractivity contribution in [1.29, 1.82) is 0 Å². The average Bonchev–Trinajstić information content (AvgIpc) is 2.99. The van der Waals surface area contributed by atoms with Gasteiger partial charge in [-0.15, -0.1) is 0 Å². The number of hydrogen-bond acceptors (Lipinski definition) is 9. The summed E-state index contributed by atoms with van der Waals surface area (Å²) in [7, 11) is 1.37. The van der Waals surface area contributed by atoms with E-state index in [0.717, 1.165) is 0 Å². The second-order valence-corrected chi connectivity index (χ2v) is 8.80. The maximum Gasteiger partial charge on any atom is 0.435 e. The number of amidine groups is 2. The number of urea groups is 1. The minimum Gasteiger partial charge on any atom is -0.497 e. The van der Waals surface area contributed by atoms with Crippen molar-refractivity contribution in [3.8, 4) is 11.5 Å². The van der Waals surface area contributed by atoms with Gasteiger partial charge in [0.1, 0.15) is 36.7 Å². The number of halogens is 1. The predicted octanol–water partition coefficient (Wildman–Crippen LogP) is 3.16. The minimum atomic E-state index is -1.23. The van der Waals surface area contributed by atoms with Crippen LogP contribution in [0.2, 0.25) is 0 Å². The number of amides is 3. The molecule has 0 saturated carbocycles. The van der Waals surface area contributed by atoms with Gasteiger partial charge in [0.15, 0.2) is 11.6 Å². The van der Waals surface area contributed by atoms with Crippen molar-refractivity contribution in [3.63, 3.8) is 0 Å². The lowest BCUT2D eigenvalue weighted by atomic mass is 10.0. The Labute approximate surface area is 246 Å². The molecule has 1 aromatic heterocycles. The summed E-state index contributed by atoms with van der Waals surface area (Å²) in [5, 5.41) is 14.6. The zero-order chi connectivity index (χ0) is 31.4. The summed E-state index contributed by atoms with van der Waals surface area (Å²) in [5.74, 6) is -1.29. The molecule has 0 bridgehead atoms. The van der Waals surface area contributed by atoms with Crippen molar-refractivity contribution in [2.75, 3.05) is 37.6 Å². The molecular weight excluding hydrogens is 563 g/mol. The maximum absolute atomic E-state index is 15.7. The van der Waals surface area contributed by atoms with Crippen molar-refractivity contribution in [3.05, 3.63) is 84.0 Å². The van der Waals surface area contributed by atoms with Gasteiger partial charge >= 0.3 is 12.1 Å². The molecule has 0 fully saturated rings. The van der Waals surface area contributed by atoms with Gasteiger partial charge in [0.2, 0.25) is 5.95 Å². The molecule has 7 N–H and O–H groups in total. The number of carbonyl (C=O) groups is 2. The van der Waals surface area contributed by atoms with Gasteiger partial charge in [-0.1, -0.05) is 6.58 Å². The molecule has 0 radical (unpaired) electrons. The summed E-state index contributed by atoms with van der Waals surface area (Å²) in [4.78, 5) is 39.8. The Hall–Kier alpha value is -5.57. The summed E-state index contributed by atoms with van der Waals surface area (Å²) in [5.41, 5.74) is 13.5. The van der Waals surface area contributed by atoms with Crippen LogP contribution in [0.1, 0.15) is 24.1 Å². The Morgan fingerprint density at radius 1 is 1.14 bits per heavy atom. The number of rotatable bonds is 12. The second-order valence-electron chi connectivity index (χ2n) is 8.80. The molecule has 0 aliphatic carbocycles. The number of carbonyl (C=O) groups excluding carboxylic acids is 2. The van der Waals surface area contributed by atoms with Gasteiger partial charge in [-0.05, 0) is 48.9 Å². The maximum atomic E-state index is 15.7. The number of aromatic nitrogens is 2. The zero-order valence-corrected chi connectivity index (χ0v) is 23.4. The van der Waals surface area contributed by atoms with E-state index in [1.807, 2.05) is 0 Å². The lowest BCUT2D eigenvalue weighted by molar-refractivity contribution is 0.167. The van der Waals surface area contributed by atoms with Crippen LogP contribution in [0.5, 0.6) is 11.5 Å². The van der Waals surface area contributed by atoms with Crippen molar-refractivity contribution in [1.82, 2.24) is 9.97 Å². The minimum absolute atomic E-state index is 0.00676. The molecule has 0 saturated heterocycles. The molecule has 0 aliphatic rings. The molecule has 3 amide bonds. The molecule has 14 nitrogen and oxygen atoms in total. The molecule has 1 atom stereocenters. The molecule has 1 heterocycles. The number of ether oxygens (including phenoxy) is 3. The molecule has 3 aromatic rings. The number of nitrogens with zero attached hydrogens (tertiary/aromatic N) is 4. The van der Waals surface area contributed by atoms with E-state index in [9.17, 15) is 9.59 Å². The lowest BCUT2D eigenvalue weighted by Crippen LogP contribution is -2.31. The SMILES string of the molecule is C=C(C)COC(=O)N=C(N)c1ccc(NC(C(N)=NC(=O)Nc2ncccn2)c2cc(OC)cc(OCCO)c2F)cc1. The van der Waals surface area contributed by atoms with Crippen LogP contribution < -0.4 is 31.6 Å². The Balaban J connectivity index is 1.95. The first-order valence-corrected chi connectivity index (χ1v) is 12.7. The summed E-state index contributed by atoms with van der Waals surface area (Å²) in [6.45, 7) is 4.80. The fourth-order valence-corrected chi connectivity index (χ4v) is 3.45. The Morgan fingerprint density at radius 3 is 2.47 bits per heavy atom. The summed E-state index contributed by atoms with van der Waals surface area (Å²) in [6, 6.07) is 8.31. The van der Waals surface area contributed by atoms with E-state index < -0.39 is 24.0 Å². The van der Waals surface area contributed by atoms with Crippen LogP contribution in [0.4, 0.5) is 25.6 Å². The standard InChI is InChI=1S/C28H31FN8O6/c1-16(2)15-43-28(40)36-24(30)17-5-7-18(8-6-17)34-23(25(31)35-27(39)37-26-32-9-4-10-33-26)20-13-19(41-3)14-21(22(20)29)42-12-11-38/h4-10,13-14,23,34,38H,1,11-12,15H2,2-3H3,(H2,30,36,40)(H3,31,32,33,35,37,39). The van der Waals surface area contributed by atoms with Crippen LogP contribution in [-0.2, 0) is 4.74 Å². The van der Waals surface area contributed by atoms with Crippen molar-refractivity contribution < 1.29 is 33.3 Å². The Kier molecular flexibility index (Phi) is 11.5. The van der Waals surface area contributed by atoms with Crippen LogP contribution in [-0.4, -0.2) is 65.8 Å². The highest BCUT2D eigenvalue weighted by Gasteiger charge is 2.25. The smallest absolute Gasteiger partial charge is 0.435 e. The van der Waals surface area contributed by atoms with E-state index in [0.29, 0.717) is 16.8 Å². The van der Waals surface area contributed by atoms with Gasteiger partial charge in [0.25, 0.3) is 0 Å². The number of aliphatic imine (C=N–C) groups is 2. The number of aliphatic hydroxyl groups is 1. The third-order valence-electron chi connectivity index (χ3n) is 5.39. The summed E-state index contributed by atoms with van der Waals surface area (Å²) >= 11 is 0. The van der Waals surface area contributed by atoms with Gasteiger partial charge in [0.05, 0.1) is 13.7 Å². The van der Waals surface area contributed by atoms with E-state index in [-0.39, 0.29) is 54.5 Å². The van der Waals surface area contributed by atoms with E-state index in [1.165, 1.54) is 31.6 Å². The number of aliphatic hydroxyl groups excluding tert-OH is 1. The summed E-state index contributed by atoms with van der Waals surface area (Å²) in [6.07, 6.45) is 1.97. The molecule has 3 rings (SSSR count). The van der Waals surface area contributed by atoms with Crippen molar-refractivity contribution >= 4 is 35.4 Å². The topological polar surface area (TPSA) is 209 Å². The number of nitrogens with one attached hydrogen (secondary N) is 2. The number of hydrogen-bond donors (Lipinski definition) is 5. The highest BCUT2D eigenvalue weighted by atomic mass is 19.1. The monoisotopic (exact) mass is 594 g/mol. The molecule has 0 aliphatic heterocycles. The molecule has 226 valence electrons. The first-order chi connectivity index (χ1) is 20.6. The van der Waals surface area contributed by atoms with Gasteiger partial charge in [0, 0.05) is 35.3 Å². The third kappa shape index (κ3) is 9.50. The van der Waals surface area contributed by atoms with E-state index in [1.54, 1.807) is 37.3 Å². The normalized spacial score (nSPS) is 12.2. The first kappa shape index (κ1) is 32.0. The number of nitrogens with two attached hydrogens (primary N) is 2. The van der Waals surface area contributed by atoms with Gasteiger partial charge in [-0.3, -0.25) is 5.32 Å². The molecule has 15 heteroatoms. The van der Waals surface area contributed by atoms with Crippen LogP contribution in [0, 0.1) is 5.82 Å². The highest BCUT2D eigenvalue weighted by molar-refractivity contribution is 6.03. The third-order valence-corrected chi connectivity index (χ3v) is 5.39. The average molecular weight is 595 g/mol. The quantitative estimate of drug-likeness (QED) is 0.117. The first-order valence-electron chi connectivity index (χ1n) is 12.7. The fraction of sp³-hybridized carbons (Fsp3) is 0.214. The van der Waals surface area contributed by atoms with Gasteiger partial charge < -0.3 is 36.1 Å². The molecular formula is C28H31FN8O6. The Bertz CT molecular complexity index is 1500. The Morgan fingerprint density at radius 2 is 1.84 bits per heavy atom. The number of anilines is 2. The largest absolute Gasteiger partial charge is 0.497 e. The number of methoxy groups -OCH3 is 1. The predicted molar refractivity (Wildman–Crippen MR) is 158 cm³/mol. The highest BCUT2D eigenvalue weighted by Crippen LogP contribution is 2.33. The van der Waals surface area contributed by atoms with Gasteiger partial charge in [-0.2, -0.15) is 9.98 Å². The molecule has 0 spiro atoms. The van der Waals surface area contributed by atoms with Crippen LogP contribution in [0.25, 0.3) is 0 Å². The lowest BCUT2D eigenvalue weighted by Gasteiger charge is -2.22. The van der Waals surface area contributed by atoms with Crippen molar-refractivity contribution in [2.24, 2.45) is 21.5 Å². The van der Waals surface area contributed by atoms with E-state index >= 15 is 4.39 Å². The second kappa shape index (κ2) is 15.4. The fourth-order valence-electron chi connectivity index (χ4n) is 3.45. The molecule has 2 aromatic carbocycles. The zero-order valence-electron chi connectivity index (χ0n) is 23.4.